The van der Waals surface area contributed by atoms with Gasteiger partial charge in [0.05, 0.1) is 0 Å². The van der Waals surface area contributed by atoms with E-state index in [0.717, 1.165) is 13.1 Å². The fraction of sp³-hybridized carbons (Fsp3) is 1.00. The highest BCUT2D eigenvalue weighted by molar-refractivity contribution is 4.53. The van der Waals surface area contributed by atoms with Gasteiger partial charge in [0.15, 0.2) is 0 Å². The van der Waals surface area contributed by atoms with Gasteiger partial charge in [-0.15, -0.1) is 0 Å². The Hall–Kier alpha value is -0.0400. The Labute approximate surface area is 199 Å². The van der Waals surface area contributed by atoms with Crippen LogP contribution in [-0.2, 0) is 0 Å². The SMILES string of the molecule is CCCCCCCCCCCCCCC[N]CCCCCCCCCCCCCCC. The van der Waals surface area contributed by atoms with E-state index < -0.39 is 0 Å². The monoisotopic (exact) mass is 436 g/mol. The lowest BCUT2D eigenvalue weighted by molar-refractivity contribution is 0.516. The minimum Gasteiger partial charge on any atom is -0.242 e. The second-order valence-electron chi connectivity index (χ2n) is 10.2. The average molecular weight is 437 g/mol. The molecule has 0 saturated carbocycles. The van der Waals surface area contributed by atoms with Crippen LogP contribution in [-0.4, -0.2) is 13.1 Å². The van der Waals surface area contributed by atoms with Crippen molar-refractivity contribution in [3.63, 3.8) is 0 Å². The van der Waals surface area contributed by atoms with E-state index >= 15 is 0 Å². The maximum Gasteiger partial charge on any atom is 0.0133 e. The van der Waals surface area contributed by atoms with Gasteiger partial charge in [0.2, 0.25) is 0 Å². The molecule has 0 rings (SSSR count). The third-order valence-electron chi connectivity index (χ3n) is 6.84. The summed E-state index contributed by atoms with van der Waals surface area (Å²) in [7, 11) is 0. The van der Waals surface area contributed by atoms with E-state index in [9.17, 15) is 0 Å². The van der Waals surface area contributed by atoms with Gasteiger partial charge in [-0.25, -0.2) is 5.32 Å². The van der Waals surface area contributed by atoms with E-state index in [1.807, 2.05) is 0 Å². The molecule has 187 valence electrons. The van der Waals surface area contributed by atoms with Crippen molar-refractivity contribution in [3.8, 4) is 0 Å². The highest BCUT2D eigenvalue weighted by Crippen LogP contribution is 2.13. The molecule has 0 spiro atoms. The Morgan fingerprint density at radius 1 is 0.258 bits per heavy atom. The van der Waals surface area contributed by atoms with Gasteiger partial charge in [0, 0.05) is 13.1 Å². The maximum atomic E-state index is 4.75. The van der Waals surface area contributed by atoms with Crippen LogP contribution in [0, 0.1) is 0 Å². The highest BCUT2D eigenvalue weighted by atomic mass is 14.8. The van der Waals surface area contributed by atoms with Crippen LogP contribution in [0.5, 0.6) is 0 Å². The van der Waals surface area contributed by atoms with E-state index in [4.69, 9.17) is 5.32 Å². The molecule has 0 heterocycles. The summed E-state index contributed by atoms with van der Waals surface area (Å²) in [5.74, 6) is 0. The number of hydrogen-bond acceptors (Lipinski definition) is 0. The number of nitrogens with zero attached hydrogens (tertiary/aromatic N) is 1. The van der Waals surface area contributed by atoms with Crippen LogP contribution in [0.25, 0.3) is 0 Å². The molecular weight excluding hydrogens is 374 g/mol. The molecule has 0 unspecified atom stereocenters. The van der Waals surface area contributed by atoms with Crippen LogP contribution in [0.3, 0.4) is 0 Å². The first-order chi connectivity index (χ1) is 15.4. The molecule has 0 aliphatic carbocycles. The van der Waals surface area contributed by atoms with Crippen molar-refractivity contribution in [2.75, 3.05) is 13.1 Å². The van der Waals surface area contributed by atoms with Crippen LogP contribution in [0.4, 0.5) is 0 Å². The molecule has 0 aromatic carbocycles. The van der Waals surface area contributed by atoms with Crippen molar-refractivity contribution in [1.29, 1.82) is 0 Å². The lowest BCUT2D eigenvalue weighted by Crippen LogP contribution is -2.08. The van der Waals surface area contributed by atoms with Crippen molar-refractivity contribution in [3.05, 3.63) is 0 Å². The second kappa shape index (κ2) is 30.0. The Morgan fingerprint density at radius 2 is 0.452 bits per heavy atom. The van der Waals surface area contributed by atoms with Crippen molar-refractivity contribution >= 4 is 0 Å². The molecule has 0 aromatic rings. The summed E-state index contributed by atoms with van der Waals surface area (Å²) in [5, 5.41) is 4.75. The molecule has 31 heavy (non-hydrogen) atoms. The van der Waals surface area contributed by atoms with Gasteiger partial charge >= 0.3 is 0 Å². The van der Waals surface area contributed by atoms with Gasteiger partial charge in [-0.3, -0.25) is 0 Å². The highest BCUT2D eigenvalue weighted by Gasteiger charge is 1.96. The normalized spacial score (nSPS) is 11.4. The molecule has 1 nitrogen and oxygen atoms in total. The fourth-order valence-electron chi connectivity index (χ4n) is 4.59. The van der Waals surface area contributed by atoms with Crippen molar-refractivity contribution in [2.45, 2.75) is 181 Å². The van der Waals surface area contributed by atoms with Gasteiger partial charge in [0.1, 0.15) is 0 Å². The topological polar surface area (TPSA) is 14.1 Å². The minimum absolute atomic E-state index is 1.12. The molecule has 0 bridgehead atoms. The van der Waals surface area contributed by atoms with Crippen molar-refractivity contribution in [1.82, 2.24) is 5.32 Å². The molecule has 0 fully saturated rings. The van der Waals surface area contributed by atoms with E-state index in [1.165, 1.54) is 167 Å². The predicted molar refractivity (Wildman–Crippen MR) is 143 cm³/mol. The minimum atomic E-state index is 1.12. The molecule has 0 N–H and O–H groups in total. The molecule has 1 radical (unpaired) electrons. The van der Waals surface area contributed by atoms with E-state index in [0.29, 0.717) is 0 Å². The summed E-state index contributed by atoms with van der Waals surface area (Å²) in [4.78, 5) is 0. The van der Waals surface area contributed by atoms with Crippen molar-refractivity contribution in [2.24, 2.45) is 0 Å². The Balaban J connectivity index is 2.98. The maximum absolute atomic E-state index is 4.75. The van der Waals surface area contributed by atoms with E-state index in [2.05, 4.69) is 13.8 Å². The molecule has 0 aromatic heterocycles. The summed E-state index contributed by atoms with van der Waals surface area (Å²) < 4.78 is 0. The summed E-state index contributed by atoms with van der Waals surface area (Å²) in [6.45, 7) is 6.84. The molecule has 0 aliphatic rings. The molecule has 0 aliphatic heterocycles. The van der Waals surface area contributed by atoms with Crippen LogP contribution >= 0.6 is 0 Å². The predicted octanol–water partition coefficient (Wildman–Crippen LogP) is 10.8. The van der Waals surface area contributed by atoms with Crippen molar-refractivity contribution < 1.29 is 0 Å². The third kappa shape index (κ3) is 30.0. The summed E-state index contributed by atoms with van der Waals surface area (Å²) >= 11 is 0. The first-order valence-electron chi connectivity index (χ1n) is 15.0. The third-order valence-corrected chi connectivity index (χ3v) is 6.84. The summed E-state index contributed by atoms with van der Waals surface area (Å²) in [6.07, 6.45) is 37.4. The zero-order valence-electron chi connectivity index (χ0n) is 22.2. The zero-order chi connectivity index (χ0) is 22.5. The van der Waals surface area contributed by atoms with Crippen LogP contribution in [0.15, 0.2) is 0 Å². The Morgan fingerprint density at radius 3 is 0.677 bits per heavy atom. The number of unbranched alkanes of at least 4 members (excludes halogenated alkanes) is 24. The van der Waals surface area contributed by atoms with Gasteiger partial charge in [-0.2, -0.15) is 0 Å². The molecule has 0 saturated heterocycles. The second-order valence-corrected chi connectivity index (χ2v) is 10.2. The smallest absolute Gasteiger partial charge is 0.0133 e. The quantitative estimate of drug-likeness (QED) is 0.108. The number of rotatable bonds is 28. The molecule has 1 heteroatoms. The van der Waals surface area contributed by atoms with Gasteiger partial charge < -0.3 is 0 Å². The standard InChI is InChI=1S/C30H62N/c1-3-5-7-9-11-13-15-17-19-21-23-25-27-29-31-30-28-26-24-22-20-18-16-14-12-10-8-6-4-2/h3-30H2,1-2H3. The van der Waals surface area contributed by atoms with E-state index in [-0.39, 0.29) is 0 Å². The van der Waals surface area contributed by atoms with Gasteiger partial charge in [0.25, 0.3) is 0 Å². The summed E-state index contributed by atoms with van der Waals surface area (Å²) in [6, 6.07) is 0. The zero-order valence-corrected chi connectivity index (χ0v) is 22.2. The van der Waals surface area contributed by atoms with Gasteiger partial charge in [-0.1, -0.05) is 168 Å². The molecule has 0 amide bonds. The molecular formula is C30H62N. The molecule has 0 atom stereocenters. The lowest BCUT2D eigenvalue weighted by atomic mass is 10.0. The van der Waals surface area contributed by atoms with Crippen LogP contribution in [0.1, 0.15) is 181 Å². The average Bonchev–Trinajstić information content (AvgIpc) is 2.78. The number of hydrogen-bond donors (Lipinski definition) is 0. The first-order valence-corrected chi connectivity index (χ1v) is 15.0. The first kappa shape index (κ1) is 31.0. The Bertz CT molecular complexity index is 260. The van der Waals surface area contributed by atoms with Crippen LogP contribution in [0.2, 0.25) is 0 Å². The lowest BCUT2D eigenvalue weighted by Gasteiger charge is -2.05. The Kier molecular flexibility index (Phi) is 29.9. The largest absolute Gasteiger partial charge is 0.242 e. The van der Waals surface area contributed by atoms with Crippen LogP contribution < -0.4 is 5.32 Å². The fourth-order valence-corrected chi connectivity index (χ4v) is 4.59. The summed E-state index contributed by atoms with van der Waals surface area (Å²) in [5.41, 5.74) is 0. The van der Waals surface area contributed by atoms with E-state index in [1.54, 1.807) is 0 Å². The van der Waals surface area contributed by atoms with Gasteiger partial charge in [-0.05, 0) is 12.8 Å².